The molecule has 1 aromatic heterocycles. The minimum Gasteiger partial charge on any atom is -0.481 e. The van der Waals surface area contributed by atoms with Gasteiger partial charge in [0.05, 0.1) is 5.92 Å². The highest BCUT2D eigenvalue weighted by molar-refractivity contribution is 5.92. The van der Waals surface area contributed by atoms with Crippen LogP contribution in [-0.2, 0) is 4.79 Å². The second-order valence-electron chi connectivity index (χ2n) is 4.22. The molecular formula is C13H12NO4. The van der Waals surface area contributed by atoms with E-state index in [4.69, 9.17) is 15.9 Å². The summed E-state index contributed by atoms with van der Waals surface area (Å²) >= 11 is 0. The maximum Gasteiger partial charge on any atom is 0.308 e. The molecule has 0 bridgehead atoms. The molecule has 1 aliphatic heterocycles. The monoisotopic (exact) mass is 246 g/mol. The van der Waals surface area contributed by atoms with Gasteiger partial charge in [0.15, 0.2) is 11.5 Å². The van der Waals surface area contributed by atoms with Crippen LogP contribution in [0.1, 0.15) is 29.2 Å². The predicted molar refractivity (Wildman–Crippen MR) is 61.2 cm³/mol. The topological polar surface area (TPSA) is 70.8 Å². The van der Waals surface area contributed by atoms with E-state index in [0.717, 1.165) is 0 Å². The van der Waals surface area contributed by atoms with Gasteiger partial charge in [-0.25, -0.2) is 0 Å². The van der Waals surface area contributed by atoms with Crippen molar-refractivity contribution in [2.75, 3.05) is 13.1 Å². The van der Waals surface area contributed by atoms with Gasteiger partial charge in [-0.05, 0) is 37.3 Å². The van der Waals surface area contributed by atoms with Gasteiger partial charge < -0.3 is 14.4 Å². The van der Waals surface area contributed by atoms with E-state index < -0.39 is 11.9 Å². The smallest absolute Gasteiger partial charge is 0.308 e. The van der Waals surface area contributed by atoms with Crippen molar-refractivity contribution < 1.29 is 19.1 Å². The highest BCUT2D eigenvalue weighted by Crippen LogP contribution is 2.19. The zero-order valence-electron chi connectivity index (χ0n) is 9.68. The molecule has 1 N–H and O–H groups in total. The van der Waals surface area contributed by atoms with Gasteiger partial charge in [0.2, 0.25) is 0 Å². The zero-order valence-corrected chi connectivity index (χ0v) is 9.68. The van der Waals surface area contributed by atoms with E-state index in [2.05, 4.69) is 5.92 Å². The lowest BCUT2D eigenvalue weighted by molar-refractivity contribution is -0.143. The fourth-order valence-corrected chi connectivity index (χ4v) is 2.04. The van der Waals surface area contributed by atoms with Gasteiger partial charge >= 0.3 is 5.97 Å². The van der Waals surface area contributed by atoms with Crippen molar-refractivity contribution in [2.24, 2.45) is 5.92 Å². The lowest BCUT2D eigenvalue weighted by atomic mass is 9.98. The highest BCUT2D eigenvalue weighted by Gasteiger charge is 2.29. The number of hydrogen-bond donors (Lipinski definition) is 1. The summed E-state index contributed by atoms with van der Waals surface area (Å²) in [5.41, 5.74) is 0. The first-order valence-electron chi connectivity index (χ1n) is 5.66. The second kappa shape index (κ2) is 4.96. The van der Waals surface area contributed by atoms with Crippen molar-refractivity contribution in [3.63, 3.8) is 0 Å². The summed E-state index contributed by atoms with van der Waals surface area (Å²) in [6, 6.07) is 2.96. The van der Waals surface area contributed by atoms with Crippen molar-refractivity contribution in [1.29, 1.82) is 0 Å². The van der Waals surface area contributed by atoms with E-state index >= 15 is 0 Å². The second-order valence-corrected chi connectivity index (χ2v) is 4.22. The molecule has 1 saturated heterocycles. The molecule has 1 unspecified atom stereocenters. The number of furan rings is 1. The number of carbonyl (C=O) groups excluding carboxylic acids is 1. The molecule has 1 aromatic rings. The molecule has 0 saturated carbocycles. The van der Waals surface area contributed by atoms with E-state index in [1.807, 2.05) is 0 Å². The van der Waals surface area contributed by atoms with E-state index in [-0.39, 0.29) is 24.0 Å². The number of carboxylic acids is 1. The molecule has 1 aliphatic rings. The van der Waals surface area contributed by atoms with Crippen molar-refractivity contribution in [1.82, 2.24) is 4.90 Å². The Bertz CT molecular complexity index is 511. The number of rotatable bonds is 2. The molecule has 1 fully saturated rings. The maximum atomic E-state index is 12.0. The van der Waals surface area contributed by atoms with Crippen LogP contribution in [0.4, 0.5) is 0 Å². The van der Waals surface area contributed by atoms with Gasteiger partial charge in [-0.1, -0.05) is 0 Å². The first kappa shape index (κ1) is 12.2. The fraction of sp³-hybridized carbons (Fsp3) is 0.385. The first-order chi connectivity index (χ1) is 8.61. The van der Waals surface area contributed by atoms with Crippen LogP contribution in [0.15, 0.2) is 16.5 Å². The predicted octanol–water partition coefficient (Wildman–Crippen LogP) is 1.15. The number of amides is 1. The minimum absolute atomic E-state index is 0.121. The number of piperidine rings is 1. The number of nitrogens with zero attached hydrogens (tertiary/aromatic N) is 1. The summed E-state index contributed by atoms with van der Waals surface area (Å²) in [6.45, 7) is 0.742. The molecule has 5 heteroatoms. The molecule has 2 heterocycles. The van der Waals surface area contributed by atoms with Gasteiger partial charge in [0.25, 0.3) is 5.91 Å². The largest absolute Gasteiger partial charge is 0.481 e. The average molecular weight is 246 g/mol. The Hall–Kier alpha value is -2.22. The molecule has 1 radical (unpaired) electrons. The molecule has 2 rings (SSSR count). The van der Waals surface area contributed by atoms with Crippen LogP contribution in [0.3, 0.4) is 0 Å². The molecule has 5 nitrogen and oxygen atoms in total. The number of aliphatic carboxylic acids is 1. The molecule has 0 spiro atoms. The molecule has 0 aliphatic carbocycles. The van der Waals surface area contributed by atoms with Crippen molar-refractivity contribution in [3.8, 4) is 5.92 Å². The molecule has 1 atom stereocenters. The molecular weight excluding hydrogens is 234 g/mol. The van der Waals surface area contributed by atoms with Crippen LogP contribution in [0.5, 0.6) is 0 Å². The first-order valence-corrected chi connectivity index (χ1v) is 5.66. The standard InChI is InChI=1S/C13H12NO4/c1-2-10-5-6-11(18-10)12(15)14-7-3-4-9(8-14)13(16)17/h5-6,9H,3-4,7-8H2,(H,16,17). The van der Waals surface area contributed by atoms with Crippen LogP contribution in [0.25, 0.3) is 0 Å². The molecule has 93 valence electrons. The van der Waals surface area contributed by atoms with Gasteiger partial charge in [-0.3, -0.25) is 9.59 Å². The van der Waals surface area contributed by atoms with Crippen LogP contribution >= 0.6 is 0 Å². The van der Waals surface area contributed by atoms with Crippen LogP contribution in [-0.4, -0.2) is 35.0 Å². The zero-order chi connectivity index (χ0) is 13.1. The van der Waals surface area contributed by atoms with Crippen LogP contribution in [0, 0.1) is 18.3 Å². The number of carbonyl (C=O) groups is 2. The quantitative estimate of drug-likeness (QED) is 0.795. The summed E-state index contributed by atoms with van der Waals surface area (Å²) in [6.07, 6.45) is 8.15. The number of carboxylic acid groups (broad SMARTS) is 1. The lowest BCUT2D eigenvalue weighted by Crippen LogP contribution is -2.42. The number of hydrogen-bond acceptors (Lipinski definition) is 3. The van der Waals surface area contributed by atoms with Crippen LogP contribution in [0.2, 0.25) is 0 Å². The average Bonchev–Trinajstić information content (AvgIpc) is 2.86. The summed E-state index contributed by atoms with van der Waals surface area (Å²) in [5, 5.41) is 8.95. The van der Waals surface area contributed by atoms with E-state index in [1.165, 1.54) is 17.0 Å². The Labute approximate surface area is 104 Å². The van der Waals surface area contributed by atoms with Gasteiger partial charge in [0.1, 0.15) is 0 Å². The summed E-state index contributed by atoms with van der Waals surface area (Å²) in [7, 11) is 0. The SMILES string of the molecule is [C]#Cc1ccc(C(=O)N2CCCC(C(=O)O)C2)o1. The van der Waals surface area contributed by atoms with Crippen LogP contribution < -0.4 is 0 Å². The van der Waals surface area contributed by atoms with Gasteiger partial charge in [-0.15, -0.1) is 0 Å². The van der Waals surface area contributed by atoms with Crippen molar-refractivity contribution in [2.45, 2.75) is 12.8 Å². The lowest BCUT2D eigenvalue weighted by Gasteiger charge is -2.29. The van der Waals surface area contributed by atoms with E-state index in [1.54, 1.807) is 0 Å². The summed E-state index contributed by atoms with van der Waals surface area (Å²) in [5.74, 6) is 0.643. The Morgan fingerprint density at radius 1 is 1.50 bits per heavy atom. The Morgan fingerprint density at radius 2 is 2.28 bits per heavy atom. The Kier molecular flexibility index (Phi) is 3.38. The minimum atomic E-state index is -0.875. The van der Waals surface area contributed by atoms with E-state index in [9.17, 15) is 9.59 Å². The number of likely N-dealkylation sites (tertiary alicyclic amines) is 1. The fourth-order valence-electron chi connectivity index (χ4n) is 2.04. The normalized spacial score (nSPS) is 19.3. The molecule has 0 aromatic carbocycles. The van der Waals surface area contributed by atoms with Crippen molar-refractivity contribution >= 4 is 11.9 Å². The Balaban J connectivity index is 2.09. The summed E-state index contributed by atoms with van der Waals surface area (Å²) in [4.78, 5) is 24.4. The molecule has 18 heavy (non-hydrogen) atoms. The van der Waals surface area contributed by atoms with Crippen molar-refractivity contribution in [3.05, 3.63) is 30.1 Å². The summed E-state index contributed by atoms with van der Waals surface area (Å²) < 4.78 is 5.11. The van der Waals surface area contributed by atoms with Gasteiger partial charge in [0, 0.05) is 13.1 Å². The molecule has 1 amide bonds. The van der Waals surface area contributed by atoms with Gasteiger partial charge in [-0.2, -0.15) is 0 Å². The maximum absolute atomic E-state index is 12.0. The highest BCUT2D eigenvalue weighted by atomic mass is 16.4. The van der Waals surface area contributed by atoms with E-state index in [0.29, 0.717) is 19.4 Å². The third-order valence-electron chi connectivity index (χ3n) is 3.00. The third-order valence-corrected chi connectivity index (χ3v) is 3.00. The third kappa shape index (κ3) is 2.38. The Morgan fingerprint density at radius 3 is 2.89 bits per heavy atom.